The summed E-state index contributed by atoms with van der Waals surface area (Å²) in [5.41, 5.74) is 0. The molecular formula is CH3CaFNaO7P. The molecule has 0 spiro atoms. The molecule has 0 rings (SSSR count). The Kier molecular flexibility index (Phi) is 36.6. The van der Waals surface area contributed by atoms with Gasteiger partial charge in [-0.05, 0) is 0 Å². The first kappa shape index (κ1) is 29.2. The summed E-state index contributed by atoms with van der Waals surface area (Å²) in [6.45, 7) is 0. The number of hydrogen-bond acceptors (Lipinski definition) is 4. The molecule has 12 heavy (non-hydrogen) atoms. The van der Waals surface area contributed by atoms with E-state index in [-0.39, 0.29) is 72.0 Å². The maximum Gasteiger partial charge on any atom is 2.00 e. The summed E-state index contributed by atoms with van der Waals surface area (Å²) in [4.78, 5) is 32.8. The van der Waals surface area contributed by atoms with Gasteiger partial charge < -0.3 is 34.2 Å². The quantitative estimate of drug-likeness (QED) is 0.282. The minimum atomic E-state index is -5.14. The molecule has 0 saturated carbocycles. The van der Waals surface area contributed by atoms with Crippen molar-refractivity contribution in [2.45, 2.75) is 0 Å². The van der Waals surface area contributed by atoms with Gasteiger partial charge in [-0.15, -0.1) is 0 Å². The molecule has 0 aromatic rings. The van der Waals surface area contributed by atoms with Gasteiger partial charge in [0.05, 0.1) is 7.82 Å². The molecule has 0 atom stereocenters. The molecule has 0 fully saturated rings. The van der Waals surface area contributed by atoms with Crippen molar-refractivity contribution in [3.8, 4) is 0 Å². The Hall–Kier alpha value is 1.57. The molecule has 0 aromatic heterocycles. The summed E-state index contributed by atoms with van der Waals surface area (Å²) in [7, 11) is -5.14. The zero-order chi connectivity index (χ0) is 8.08. The van der Waals surface area contributed by atoms with Crippen LogP contribution in [-0.4, -0.2) is 59.0 Å². The fraction of sp³-hybridized carbons (Fsp3) is 0. The third kappa shape index (κ3) is 525. The van der Waals surface area contributed by atoms with Gasteiger partial charge in [-0.25, -0.2) is 4.79 Å². The molecule has 0 heterocycles. The van der Waals surface area contributed by atoms with Crippen LogP contribution in [0, 0.1) is 0 Å². The van der Waals surface area contributed by atoms with Crippen LogP contribution in [0.5, 0.6) is 0 Å². The molecule has 0 aliphatic heterocycles. The third-order valence-corrected chi connectivity index (χ3v) is 0. The zero-order valence-electron chi connectivity index (χ0n) is 6.01. The van der Waals surface area contributed by atoms with Crippen LogP contribution in [0.25, 0.3) is 0 Å². The second-order valence-corrected chi connectivity index (χ2v) is 1.69. The Bertz CT molecular complexity index is 123. The number of halogens is 1. The van der Waals surface area contributed by atoms with E-state index in [1.807, 2.05) is 0 Å². The Balaban J connectivity index is -0.0000000221. The SMILES string of the molecule is O=C(O)O.O=P([O-])([O-])O.[Ca+2].[F-].[Na+]. The third-order valence-electron chi connectivity index (χ3n) is 0. The van der Waals surface area contributed by atoms with Crippen molar-refractivity contribution in [3.63, 3.8) is 0 Å². The first-order chi connectivity index (χ1) is 3.73. The Morgan fingerprint density at radius 3 is 1.25 bits per heavy atom. The largest absolute Gasteiger partial charge is 2.00 e. The van der Waals surface area contributed by atoms with Crippen molar-refractivity contribution in [1.29, 1.82) is 0 Å². The predicted molar refractivity (Wildman–Crippen MR) is 26.2 cm³/mol. The summed E-state index contributed by atoms with van der Waals surface area (Å²) < 4.78 is 8.66. The number of carboxylic acid groups (broad SMARTS) is 2. The van der Waals surface area contributed by atoms with Crippen LogP contribution in [0.2, 0.25) is 0 Å². The van der Waals surface area contributed by atoms with Crippen LogP contribution < -0.4 is 44.0 Å². The van der Waals surface area contributed by atoms with Crippen molar-refractivity contribution < 1.29 is 68.5 Å². The van der Waals surface area contributed by atoms with E-state index in [4.69, 9.17) is 34.3 Å². The van der Waals surface area contributed by atoms with E-state index < -0.39 is 14.0 Å². The van der Waals surface area contributed by atoms with Crippen LogP contribution in [-0.2, 0) is 4.57 Å². The van der Waals surface area contributed by atoms with Gasteiger partial charge in [-0.3, -0.25) is 0 Å². The standard InChI is InChI=1S/CH2O3.Ca.FH.Na.H3O4P/c2-1(3)4;;;;1-5(2,3)4/h(H2,2,3,4);;1H;;(H3,1,2,3,4)/q;+2;;+1;/p-3. The molecule has 3 N–H and O–H groups in total. The van der Waals surface area contributed by atoms with Crippen molar-refractivity contribution >= 4 is 51.7 Å². The normalized spacial score (nSPS) is 6.92. The van der Waals surface area contributed by atoms with Gasteiger partial charge >= 0.3 is 73.5 Å². The number of phosphoric acid groups is 1. The molecule has 11 heteroatoms. The van der Waals surface area contributed by atoms with Gasteiger partial charge in [0.1, 0.15) is 0 Å². The van der Waals surface area contributed by atoms with Crippen molar-refractivity contribution in [2.24, 2.45) is 0 Å². The summed E-state index contributed by atoms with van der Waals surface area (Å²) in [6, 6.07) is 0. The second-order valence-electron chi connectivity index (χ2n) is 0.751. The Morgan fingerprint density at radius 2 is 1.25 bits per heavy atom. The van der Waals surface area contributed by atoms with E-state index in [1.54, 1.807) is 0 Å². The maximum atomic E-state index is 8.66. The second kappa shape index (κ2) is 15.1. The number of rotatable bonds is 0. The van der Waals surface area contributed by atoms with Crippen LogP contribution in [0.4, 0.5) is 4.79 Å². The van der Waals surface area contributed by atoms with Crippen molar-refractivity contribution in [2.75, 3.05) is 0 Å². The average Bonchev–Trinajstić information content (AvgIpc) is 1.19. The molecule has 0 amide bonds. The van der Waals surface area contributed by atoms with Gasteiger partial charge in [-0.1, -0.05) is 0 Å². The van der Waals surface area contributed by atoms with Crippen LogP contribution in [0.15, 0.2) is 0 Å². The molecule has 0 unspecified atom stereocenters. The molecule has 0 saturated heterocycles. The Morgan fingerprint density at radius 1 is 1.25 bits per heavy atom. The van der Waals surface area contributed by atoms with E-state index >= 15 is 0 Å². The zero-order valence-corrected chi connectivity index (χ0v) is 11.1. The minimum absolute atomic E-state index is 0. The summed E-state index contributed by atoms with van der Waals surface area (Å²) in [5, 5.41) is 13.9. The summed E-state index contributed by atoms with van der Waals surface area (Å²) >= 11 is 0. The van der Waals surface area contributed by atoms with E-state index in [1.165, 1.54) is 0 Å². The fourth-order valence-electron chi connectivity index (χ4n) is 0. The predicted octanol–water partition coefficient (Wildman–Crippen LogP) is -8.34. The summed E-state index contributed by atoms with van der Waals surface area (Å²) in [5.74, 6) is 0. The minimum Gasteiger partial charge on any atom is -1.00 e. The van der Waals surface area contributed by atoms with Crippen LogP contribution >= 0.6 is 7.82 Å². The molecule has 0 aliphatic rings. The monoisotopic (exact) mass is 240 g/mol. The van der Waals surface area contributed by atoms with E-state index in [0.717, 1.165) is 0 Å². The summed E-state index contributed by atoms with van der Waals surface area (Å²) in [6.07, 6.45) is -1.83. The first-order valence-electron chi connectivity index (χ1n) is 1.40. The van der Waals surface area contributed by atoms with E-state index in [0.29, 0.717) is 0 Å². The maximum absolute atomic E-state index is 8.66. The number of carbonyl (C=O) groups is 1. The molecular weight excluding hydrogens is 237 g/mol. The molecule has 7 nitrogen and oxygen atoms in total. The molecule has 0 bridgehead atoms. The first-order valence-corrected chi connectivity index (χ1v) is 2.89. The van der Waals surface area contributed by atoms with Gasteiger partial charge in [0.25, 0.3) is 0 Å². The average molecular weight is 240 g/mol. The Labute approximate surface area is 119 Å². The smallest absolute Gasteiger partial charge is 1.00 e. The van der Waals surface area contributed by atoms with Crippen LogP contribution in [0.3, 0.4) is 0 Å². The van der Waals surface area contributed by atoms with Gasteiger partial charge in [0.2, 0.25) is 0 Å². The van der Waals surface area contributed by atoms with Gasteiger partial charge in [0.15, 0.2) is 0 Å². The molecule has 0 aromatic carbocycles. The van der Waals surface area contributed by atoms with Gasteiger partial charge in [-0.2, -0.15) is 0 Å². The molecule has 0 radical (unpaired) electrons. The topological polar surface area (TPSA) is 141 Å². The van der Waals surface area contributed by atoms with E-state index in [2.05, 4.69) is 0 Å². The molecule has 64 valence electrons. The van der Waals surface area contributed by atoms with Crippen molar-refractivity contribution in [3.05, 3.63) is 0 Å². The van der Waals surface area contributed by atoms with Crippen molar-refractivity contribution in [1.82, 2.24) is 0 Å². The molecule has 0 aliphatic carbocycles. The van der Waals surface area contributed by atoms with Gasteiger partial charge in [0, 0.05) is 0 Å². The number of hydrogen-bond donors (Lipinski definition) is 3. The van der Waals surface area contributed by atoms with Crippen LogP contribution in [0.1, 0.15) is 0 Å². The fourth-order valence-corrected chi connectivity index (χ4v) is 0. The van der Waals surface area contributed by atoms with E-state index in [9.17, 15) is 0 Å².